The first-order valence-electron chi connectivity index (χ1n) is 6.83. The van der Waals surface area contributed by atoms with Crippen LogP contribution in [0.2, 0.25) is 0 Å². The summed E-state index contributed by atoms with van der Waals surface area (Å²) in [7, 11) is 2.10. The number of hydrogen-bond donors (Lipinski definition) is 1. The molecular formula is C15H21FN2O. The van der Waals surface area contributed by atoms with E-state index in [4.69, 9.17) is 0 Å². The van der Waals surface area contributed by atoms with Crippen LogP contribution in [0.25, 0.3) is 0 Å². The minimum atomic E-state index is -0.244. The molecule has 1 N–H and O–H groups in total. The lowest BCUT2D eigenvalue weighted by atomic mass is 10.1. The molecule has 1 aliphatic rings. The van der Waals surface area contributed by atoms with Crippen LogP contribution < -0.4 is 5.32 Å². The van der Waals surface area contributed by atoms with E-state index in [-0.39, 0.29) is 11.7 Å². The van der Waals surface area contributed by atoms with E-state index in [0.717, 1.165) is 31.6 Å². The summed E-state index contributed by atoms with van der Waals surface area (Å²) in [6.45, 7) is 2.93. The molecule has 2 rings (SSSR count). The first-order valence-corrected chi connectivity index (χ1v) is 6.83. The second kappa shape index (κ2) is 6.66. The van der Waals surface area contributed by atoms with Crippen molar-refractivity contribution in [3.8, 4) is 0 Å². The van der Waals surface area contributed by atoms with E-state index < -0.39 is 0 Å². The number of likely N-dealkylation sites (tertiary alicyclic amines) is 1. The second-order valence-electron chi connectivity index (χ2n) is 5.35. The molecule has 4 heteroatoms. The van der Waals surface area contributed by atoms with Gasteiger partial charge in [-0.25, -0.2) is 4.39 Å². The SMILES string of the molecule is CN1CCC(CNC(=O)CCc2cccc(F)c2)C1. The van der Waals surface area contributed by atoms with Crippen LogP contribution in [0.3, 0.4) is 0 Å². The molecule has 1 aromatic carbocycles. The van der Waals surface area contributed by atoms with Crippen LogP contribution in [0.4, 0.5) is 4.39 Å². The number of carbonyl (C=O) groups excluding carboxylic acids is 1. The van der Waals surface area contributed by atoms with Gasteiger partial charge < -0.3 is 10.2 Å². The number of rotatable bonds is 5. The smallest absolute Gasteiger partial charge is 0.220 e. The molecule has 0 aromatic heterocycles. The minimum Gasteiger partial charge on any atom is -0.356 e. The van der Waals surface area contributed by atoms with Gasteiger partial charge in [-0.05, 0) is 50.0 Å². The lowest BCUT2D eigenvalue weighted by molar-refractivity contribution is -0.121. The fourth-order valence-corrected chi connectivity index (χ4v) is 2.49. The highest BCUT2D eigenvalue weighted by molar-refractivity contribution is 5.76. The number of nitrogens with one attached hydrogen (secondary N) is 1. The van der Waals surface area contributed by atoms with Crippen molar-refractivity contribution in [3.05, 3.63) is 35.6 Å². The number of carbonyl (C=O) groups is 1. The van der Waals surface area contributed by atoms with Crippen molar-refractivity contribution >= 4 is 5.91 Å². The quantitative estimate of drug-likeness (QED) is 0.880. The number of nitrogens with zero attached hydrogens (tertiary/aromatic N) is 1. The number of hydrogen-bond acceptors (Lipinski definition) is 2. The topological polar surface area (TPSA) is 32.3 Å². The third kappa shape index (κ3) is 4.63. The number of benzene rings is 1. The van der Waals surface area contributed by atoms with Gasteiger partial charge in [-0.3, -0.25) is 4.79 Å². The normalized spacial score (nSPS) is 19.6. The molecule has 1 saturated heterocycles. The fourth-order valence-electron chi connectivity index (χ4n) is 2.49. The summed E-state index contributed by atoms with van der Waals surface area (Å²) in [5, 5.41) is 2.97. The van der Waals surface area contributed by atoms with Gasteiger partial charge in [-0.15, -0.1) is 0 Å². The van der Waals surface area contributed by atoms with Gasteiger partial charge in [0.2, 0.25) is 5.91 Å². The Labute approximate surface area is 113 Å². The molecule has 1 aliphatic heterocycles. The summed E-state index contributed by atoms with van der Waals surface area (Å²) in [5.74, 6) is 0.383. The van der Waals surface area contributed by atoms with Crippen molar-refractivity contribution in [1.29, 1.82) is 0 Å². The number of halogens is 1. The molecule has 1 unspecified atom stereocenters. The Morgan fingerprint density at radius 2 is 2.37 bits per heavy atom. The summed E-state index contributed by atoms with van der Waals surface area (Å²) in [6.07, 6.45) is 2.17. The Kier molecular flexibility index (Phi) is 4.91. The Hall–Kier alpha value is -1.42. The average molecular weight is 264 g/mol. The summed E-state index contributed by atoms with van der Waals surface area (Å²) < 4.78 is 13.0. The summed E-state index contributed by atoms with van der Waals surface area (Å²) >= 11 is 0. The maximum absolute atomic E-state index is 13.0. The van der Waals surface area contributed by atoms with Gasteiger partial charge in [-0.2, -0.15) is 0 Å². The molecule has 1 amide bonds. The summed E-state index contributed by atoms with van der Waals surface area (Å²) in [5.41, 5.74) is 0.871. The van der Waals surface area contributed by atoms with E-state index in [1.807, 2.05) is 6.07 Å². The fraction of sp³-hybridized carbons (Fsp3) is 0.533. The molecule has 1 aromatic rings. The van der Waals surface area contributed by atoms with E-state index in [1.54, 1.807) is 6.07 Å². The van der Waals surface area contributed by atoms with Crippen LogP contribution in [-0.4, -0.2) is 37.5 Å². The predicted octanol–water partition coefficient (Wildman–Crippen LogP) is 1.83. The van der Waals surface area contributed by atoms with Crippen LogP contribution in [0.15, 0.2) is 24.3 Å². The zero-order valence-corrected chi connectivity index (χ0v) is 11.4. The first-order chi connectivity index (χ1) is 9.13. The highest BCUT2D eigenvalue weighted by Gasteiger charge is 2.19. The lowest BCUT2D eigenvalue weighted by Gasteiger charge is -2.11. The van der Waals surface area contributed by atoms with E-state index in [1.165, 1.54) is 12.1 Å². The highest BCUT2D eigenvalue weighted by Crippen LogP contribution is 2.13. The molecule has 0 bridgehead atoms. The van der Waals surface area contributed by atoms with Gasteiger partial charge in [0.05, 0.1) is 0 Å². The largest absolute Gasteiger partial charge is 0.356 e. The molecule has 0 spiro atoms. The Bertz CT molecular complexity index is 436. The van der Waals surface area contributed by atoms with Crippen molar-refractivity contribution in [3.63, 3.8) is 0 Å². The van der Waals surface area contributed by atoms with Crippen LogP contribution in [0.5, 0.6) is 0 Å². The van der Waals surface area contributed by atoms with Gasteiger partial charge in [0.1, 0.15) is 5.82 Å². The molecule has 104 valence electrons. The Balaban J connectivity index is 1.67. The van der Waals surface area contributed by atoms with Gasteiger partial charge >= 0.3 is 0 Å². The highest BCUT2D eigenvalue weighted by atomic mass is 19.1. The standard InChI is InChI=1S/C15H21FN2O/c1-18-8-7-13(11-18)10-17-15(19)6-5-12-3-2-4-14(16)9-12/h2-4,9,13H,5-8,10-11H2,1H3,(H,17,19). The molecule has 1 atom stereocenters. The van der Waals surface area contributed by atoms with Crippen molar-refractivity contribution in [2.75, 3.05) is 26.7 Å². The maximum atomic E-state index is 13.0. The summed E-state index contributed by atoms with van der Waals surface area (Å²) in [6, 6.07) is 6.43. The van der Waals surface area contributed by atoms with Crippen LogP contribution >= 0.6 is 0 Å². The maximum Gasteiger partial charge on any atom is 0.220 e. The van der Waals surface area contributed by atoms with Gasteiger partial charge in [0.15, 0.2) is 0 Å². The summed E-state index contributed by atoms with van der Waals surface area (Å²) in [4.78, 5) is 14.0. The van der Waals surface area contributed by atoms with Crippen LogP contribution in [0.1, 0.15) is 18.4 Å². The Morgan fingerprint density at radius 1 is 1.53 bits per heavy atom. The monoisotopic (exact) mass is 264 g/mol. The molecule has 0 aliphatic carbocycles. The lowest BCUT2D eigenvalue weighted by Crippen LogP contribution is -2.30. The molecule has 1 fully saturated rings. The van der Waals surface area contributed by atoms with E-state index >= 15 is 0 Å². The molecule has 3 nitrogen and oxygen atoms in total. The zero-order chi connectivity index (χ0) is 13.7. The molecule has 19 heavy (non-hydrogen) atoms. The second-order valence-corrected chi connectivity index (χ2v) is 5.35. The van der Waals surface area contributed by atoms with Gasteiger partial charge in [0, 0.05) is 19.5 Å². The van der Waals surface area contributed by atoms with E-state index in [0.29, 0.717) is 18.8 Å². The van der Waals surface area contributed by atoms with Gasteiger partial charge in [-0.1, -0.05) is 12.1 Å². The van der Waals surface area contributed by atoms with Crippen molar-refractivity contribution in [2.45, 2.75) is 19.3 Å². The van der Waals surface area contributed by atoms with Crippen molar-refractivity contribution in [1.82, 2.24) is 10.2 Å². The molecule has 0 radical (unpaired) electrons. The molecule has 1 heterocycles. The van der Waals surface area contributed by atoms with E-state index in [9.17, 15) is 9.18 Å². The average Bonchev–Trinajstić information content (AvgIpc) is 2.80. The van der Waals surface area contributed by atoms with Crippen LogP contribution in [-0.2, 0) is 11.2 Å². The Morgan fingerprint density at radius 3 is 3.05 bits per heavy atom. The van der Waals surface area contributed by atoms with Crippen molar-refractivity contribution < 1.29 is 9.18 Å². The third-order valence-corrected chi connectivity index (χ3v) is 3.61. The first kappa shape index (κ1) is 14.0. The van der Waals surface area contributed by atoms with Gasteiger partial charge in [0.25, 0.3) is 0 Å². The number of aryl methyl sites for hydroxylation is 1. The third-order valence-electron chi connectivity index (χ3n) is 3.61. The number of amides is 1. The molecule has 0 saturated carbocycles. The van der Waals surface area contributed by atoms with Crippen molar-refractivity contribution in [2.24, 2.45) is 5.92 Å². The van der Waals surface area contributed by atoms with E-state index in [2.05, 4.69) is 17.3 Å². The predicted molar refractivity (Wildman–Crippen MR) is 73.3 cm³/mol. The van der Waals surface area contributed by atoms with Crippen LogP contribution in [0, 0.1) is 11.7 Å². The zero-order valence-electron chi connectivity index (χ0n) is 11.4. The minimum absolute atomic E-state index is 0.0545. The molecular weight excluding hydrogens is 243 g/mol.